The molecular weight excluding hydrogens is 462 g/mol. The topological polar surface area (TPSA) is 28.2 Å². The van der Waals surface area contributed by atoms with Gasteiger partial charge in [0.05, 0.1) is 11.4 Å². The van der Waals surface area contributed by atoms with Crippen LogP contribution in [0.25, 0.3) is 44.3 Å². The molecule has 38 heavy (non-hydrogen) atoms. The molecule has 3 nitrogen and oxygen atoms in total. The van der Waals surface area contributed by atoms with E-state index in [4.69, 9.17) is 4.98 Å². The molecule has 3 heterocycles. The average Bonchev–Trinajstić information content (AvgIpc) is 3.45. The van der Waals surface area contributed by atoms with Crippen molar-refractivity contribution in [1.82, 2.24) is 4.98 Å². The van der Waals surface area contributed by atoms with Crippen molar-refractivity contribution < 1.29 is 0 Å². The number of fused-ring (bicyclic) bond motifs is 8. The van der Waals surface area contributed by atoms with Gasteiger partial charge in [-0.1, -0.05) is 98.8 Å². The molecule has 0 fully saturated rings. The first kappa shape index (κ1) is 21.5. The van der Waals surface area contributed by atoms with E-state index in [0.29, 0.717) is 0 Å². The van der Waals surface area contributed by atoms with Crippen molar-refractivity contribution in [3.05, 3.63) is 127 Å². The maximum atomic E-state index is 5.26. The fraction of sp³-hybridized carbons (Fsp3) is 0.114. The highest BCUT2D eigenvalue weighted by molar-refractivity contribution is 6.07. The molecule has 0 amide bonds. The van der Waals surface area contributed by atoms with Crippen LogP contribution in [0, 0.1) is 0 Å². The van der Waals surface area contributed by atoms with E-state index in [2.05, 4.69) is 139 Å². The minimum atomic E-state index is 0.0174. The molecule has 182 valence electrons. The van der Waals surface area contributed by atoms with Crippen molar-refractivity contribution in [3.63, 3.8) is 0 Å². The van der Waals surface area contributed by atoms with Gasteiger partial charge in [-0.25, -0.2) is 4.98 Å². The fourth-order valence-corrected chi connectivity index (χ4v) is 6.51. The minimum absolute atomic E-state index is 0.0174. The largest absolute Gasteiger partial charge is 0.358 e. The lowest BCUT2D eigenvalue weighted by Gasteiger charge is -2.21. The van der Waals surface area contributed by atoms with Gasteiger partial charge in [0, 0.05) is 28.0 Å². The van der Waals surface area contributed by atoms with Crippen molar-refractivity contribution in [3.8, 4) is 33.5 Å². The van der Waals surface area contributed by atoms with E-state index in [-0.39, 0.29) is 11.6 Å². The zero-order valence-corrected chi connectivity index (χ0v) is 21.4. The zero-order valence-electron chi connectivity index (χ0n) is 21.4. The molecule has 2 aliphatic heterocycles. The Bertz CT molecular complexity index is 1840. The molecule has 0 radical (unpaired) electrons. The maximum absolute atomic E-state index is 5.26. The lowest BCUT2D eigenvalue weighted by atomic mass is 9.82. The number of benzene rings is 4. The summed E-state index contributed by atoms with van der Waals surface area (Å²) in [4.78, 5) is 7.47. The summed E-state index contributed by atoms with van der Waals surface area (Å²) in [6.07, 6.45) is 8.53. The van der Waals surface area contributed by atoms with E-state index < -0.39 is 0 Å². The van der Waals surface area contributed by atoms with Crippen LogP contribution < -0.4 is 10.2 Å². The smallest absolute Gasteiger partial charge is 0.159 e. The highest BCUT2D eigenvalue weighted by Crippen LogP contribution is 2.50. The van der Waals surface area contributed by atoms with Crippen molar-refractivity contribution in [2.45, 2.75) is 25.4 Å². The summed E-state index contributed by atoms with van der Waals surface area (Å²) in [7, 11) is 0. The number of allylic oxidation sites excluding steroid dienone is 2. The number of anilines is 2. The molecule has 3 heteroatoms. The number of aromatic nitrogens is 1. The number of hydrogen-bond donors (Lipinski definition) is 1. The highest BCUT2D eigenvalue weighted by atomic mass is 15.4. The van der Waals surface area contributed by atoms with Gasteiger partial charge in [-0.15, -0.1) is 0 Å². The third kappa shape index (κ3) is 2.93. The Morgan fingerprint density at radius 1 is 0.711 bits per heavy atom. The third-order valence-electron chi connectivity index (χ3n) is 8.43. The van der Waals surface area contributed by atoms with Crippen LogP contribution in [-0.2, 0) is 5.41 Å². The number of nitrogens with one attached hydrogen (secondary N) is 1. The minimum Gasteiger partial charge on any atom is -0.358 e. The van der Waals surface area contributed by atoms with Crippen LogP contribution in [0.15, 0.2) is 115 Å². The normalized spacial score (nSPS) is 17.6. The van der Waals surface area contributed by atoms with E-state index in [1.807, 2.05) is 0 Å². The molecule has 1 aliphatic carbocycles. The predicted octanol–water partition coefficient (Wildman–Crippen LogP) is 8.52. The van der Waals surface area contributed by atoms with E-state index >= 15 is 0 Å². The zero-order chi connectivity index (χ0) is 25.4. The molecule has 1 aromatic heterocycles. The fourth-order valence-electron chi connectivity index (χ4n) is 6.51. The monoisotopic (exact) mass is 489 g/mol. The van der Waals surface area contributed by atoms with E-state index in [0.717, 1.165) is 28.1 Å². The molecule has 3 aliphatic rings. The van der Waals surface area contributed by atoms with Gasteiger partial charge < -0.3 is 10.2 Å². The van der Waals surface area contributed by atoms with Crippen LogP contribution in [0.4, 0.5) is 11.5 Å². The number of hydrogen-bond acceptors (Lipinski definition) is 3. The van der Waals surface area contributed by atoms with Crippen LogP contribution in [0.1, 0.15) is 25.0 Å². The Morgan fingerprint density at radius 3 is 2.39 bits per heavy atom. The van der Waals surface area contributed by atoms with E-state index in [9.17, 15) is 0 Å². The highest BCUT2D eigenvalue weighted by Gasteiger charge is 2.35. The molecule has 1 unspecified atom stereocenters. The molecule has 8 rings (SSSR count). The van der Waals surface area contributed by atoms with Crippen LogP contribution in [0.2, 0.25) is 0 Å². The molecule has 0 saturated heterocycles. The van der Waals surface area contributed by atoms with Crippen LogP contribution >= 0.6 is 0 Å². The van der Waals surface area contributed by atoms with Gasteiger partial charge >= 0.3 is 0 Å². The number of pyridine rings is 1. The maximum Gasteiger partial charge on any atom is 0.159 e. The third-order valence-corrected chi connectivity index (χ3v) is 8.43. The van der Waals surface area contributed by atoms with Gasteiger partial charge in [0.15, 0.2) is 5.82 Å². The van der Waals surface area contributed by atoms with Crippen molar-refractivity contribution in [1.29, 1.82) is 0 Å². The second kappa shape index (κ2) is 7.69. The summed E-state index contributed by atoms with van der Waals surface area (Å²) in [5, 5.41) is 6.02. The van der Waals surface area contributed by atoms with E-state index in [1.54, 1.807) is 0 Å². The summed E-state index contributed by atoms with van der Waals surface area (Å²) in [6, 6.07) is 33.2. The summed E-state index contributed by atoms with van der Waals surface area (Å²) in [5.74, 6) is 0.978. The Hall–Kier alpha value is -4.63. The molecule has 0 spiro atoms. The lowest BCUT2D eigenvalue weighted by Crippen LogP contribution is -2.30. The molecule has 4 aromatic carbocycles. The predicted molar refractivity (Wildman–Crippen MR) is 158 cm³/mol. The average molecular weight is 490 g/mol. The van der Waals surface area contributed by atoms with Gasteiger partial charge in [-0.2, -0.15) is 0 Å². The molecule has 0 bridgehead atoms. The first-order valence-electron chi connectivity index (χ1n) is 13.3. The van der Waals surface area contributed by atoms with Gasteiger partial charge in [-0.3, -0.25) is 0 Å². The van der Waals surface area contributed by atoms with Crippen LogP contribution in [0.3, 0.4) is 0 Å². The van der Waals surface area contributed by atoms with Crippen LogP contribution in [-0.4, -0.2) is 11.1 Å². The molecule has 5 aromatic rings. The van der Waals surface area contributed by atoms with E-state index in [1.165, 1.54) is 38.8 Å². The van der Waals surface area contributed by atoms with Gasteiger partial charge in [0.2, 0.25) is 0 Å². The lowest BCUT2D eigenvalue weighted by molar-refractivity contribution is 0.660. The Kier molecular flexibility index (Phi) is 4.34. The summed E-state index contributed by atoms with van der Waals surface area (Å²) in [5.41, 5.74) is 11.2. The Morgan fingerprint density at radius 2 is 1.47 bits per heavy atom. The standard InChI is InChI=1S/C35H27N3/c1-35(2)29-15-6-5-12-25(29)28-21-23(17-18-30(28)35)22-10-9-11-24(20-22)32-26-13-3-4-14-27(26)33-34(37-32)38-19-8-7-16-31(38)36-33/h3-21,31,36H,1-2H3. The Balaban J connectivity index is 1.28. The van der Waals surface area contributed by atoms with Gasteiger partial charge in [0.25, 0.3) is 0 Å². The summed E-state index contributed by atoms with van der Waals surface area (Å²) < 4.78 is 0. The van der Waals surface area contributed by atoms with Crippen LogP contribution in [0.5, 0.6) is 0 Å². The van der Waals surface area contributed by atoms with Crippen molar-refractivity contribution in [2.75, 3.05) is 10.2 Å². The first-order chi connectivity index (χ1) is 18.6. The molecule has 1 atom stereocenters. The van der Waals surface area contributed by atoms with Gasteiger partial charge in [-0.05, 0) is 57.7 Å². The van der Waals surface area contributed by atoms with Crippen molar-refractivity contribution in [2.24, 2.45) is 0 Å². The molecule has 1 N–H and O–H groups in total. The summed E-state index contributed by atoms with van der Waals surface area (Å²) in [6.45, 7) is 4.66. The quantitative estimate of drug-likeness (QED) is 0.269. The number of rotatable bonds is 2. The first-order valence-corrected chi connectivity index (χ1v) is 13.3. The van der Waals surface area contributed by atoms with Gasteiger partial charge in [0.1, 0.15) is 6.17 Å². The Labute approximate surface area is 222 Å². The summed E-state index contributed by atoms with van der Waals surface area (Å²) >= 11 is 0. The number of nitrogens with zero attached hydrogens (tertiary/aromatic N) is 2. The second-order valence-electron chi connectivity index (χ2n) is 10.9. The molecule has 0 saturated carbocycles. The molecular formula is C35H27N3. The second-order valence-corrected chi connectivity index (χ2v) is 10.9. The SMILES string of the molecule is CC1(C)c2ccccc2-c2cc(-c3cccc(-c4nc5c(c6ccccc46)NC4C=CC=CN54)c3)ccc21. The van der Waals surface area contributed by atoms with Crippen molar-refractivity contribution >= 4 is 22.3 Å².